The molecule has 0 amide bonds. The molecule has 1 heterocycles. The van der Waals surface area contributed by atoms with Crippen molar-refractivity contribution in [3.63, 3.8) is 0 Å². The smallest absolute Gasteiger partial charge is 0.0590 e. The van der Waals surface area contributed by atoms with Crippen LogP contribution in [0.5, 0.6) is 0 Å². The van der Waals surface area contributed by atoms with Gasteiger partial charge in [0.2, 0.25) is 0 Å². The third kappa shape index (κ3) is 6.46. The van der Waals surface area contributed by atoms with Crippen molar-refractivity contribution >= 4 is 0 Å². The van der Waals surface area contributed by atoms with Crippen LogP contribution >= 0.6 is 0 Å². The molecule has 0 aromatic rings. The van der Waals surface area contributed by atoms with Crippen molar-refractivity contribution in [3.05, 3.63) is 0 Å². The van der Waals surface area contributed by atoms with E-state index in [4.69, 9.17) is 9.47 Å². The van der Waals surface area contributed by atoms with Crippen molar-refractivity contribution in [3.8, 4) is 0 Å². The summed E-state index contributed by atoms with van der Waals surface area (Å²) in [4.78, 5) is 0. The lowest BCUT2D eigenvalue weighted by atomic mass is 10.1. The highest BCUT2D eigenvalue weighted by Crippen LogP contribution is 2.16. The normalized spacial score (nSPS) is 22.9. The van der Waals surface area contributed by atoms with Crippen LogP contribution in [0.4, 0.5) is 0 Å². The summed E-state index contributed by atoms with van der Waals surface area (Å²) >= 11 is 0. The van der Waals surface area contributed by atoms with Crippen molar-refractivity contribution in [1.29, 1.82) is 0 Å². The van der Waals surface area contributed by atoms with Gasteiger partial charge in [0.1, 0.15) is 0 Å². The Balaban J connectivity index is 1.91. The van der Waals surface area contributed by atoms with Crippen LogP contribution in [0.1, 0.15) is 46.5 Å². The molecule has 0 bridgehead atoms. The Labute approximate surface area is 99.9 Å². The standard InChI is InChI=1S/C13H27NO2/c1-11(2)15-9-5-7-14-12(3)10-13-6-4-8-16-13/h11-14H,4-10H2,1-3H3. The highest BCUT2D eigenvalue weighted by Gasteiger charge is 2.17. The zero-order valence-electron chi connectivity index (χ0n) is 11.0. The molecule has 0 aromatic heterocycles. The molecule has 3 nitrogen and oxygen atoms in total. The molecule has 2 atom stereocenters. The maximum absolute atomic E-state index is 5.62. The Hall–Kier alpha value is -0.120. The Morgan fingerprint density at radius 2 is 2.19 bits per heavy atom. The molecule has 0 saturated carbocycles. The average Bonchev–Trinajstić information content (AvgIpc) is 2.69. The van der Waals surface area contributed by atoms with E-state index in [9.17, 15) is 0 Å². The molecule has 96 valence electrons. The maximum Gasteiger partial charge on any atom is 0.0590 e. The van der Waals surface area contributed by atoms with Gasteiger partial charge < -0.3 is 14.8 Å². The number of rotatable bonds is 8. The van der Waals surface area contributed by atoms with Gasteiger partial charge in [-0.25, -0.2) is 0 Å². The molecule has 1 saturated heterocycles. The van der Waals surface area contributed by atoms with Gasteiger partial charge in [-0.1, -0.05) is 0 Å². The summed E-state index contributed by atoms with van der Waals surface area (Å²) in [5.41, 5.74) is 0. The summed E-state index contributed by atoms with van der Waals surface area (Å²) in [5, 5.41) is 3.52. The zero-order chi connectivity index (χ0) is 11.8. The number of hydrogen-bond donors (Lipinski definition) is 1. The molecule has 2 unspecified atom stereocenters. The van der Waals surface area contributed by atoms with Crippen LogP contribution in [-0.2, 0) is 9.47 Å². The second-order valence-corrected chi connectivity index (χ2v) is 5.00. The van der Waals surface area contributed by atoms with E-state index in [-0.39, 0.29) is 0 Å². The van der Waals surface area contributed by atoms with Crippen LogP contribution in [0.2, 0.25) is 0 Å². The second-order valence-electron chi connectivity index (χ2n) is 5.00. The van der Waals surface area contributed by atoms with Gasteiger partial charge in [0.05, 0.1) is 12.2 Å². The summed E-state index contributed by atoms with van der Waals surface area (Å²) in [6.45, 7) is 9.25. The lowest BCUT2D eigenvalue weighted by molar-refractivity contribution is 0.0753. The quantitative estimate of drug-likeness (QED) is 0.648. The first kappa shape index (κ1) is 13.9. The zero-order valence-corrected chi connectivity index (χ0v) is 11.0. The Morgan fingerprint density at radius 3 is 2.81 bits per heavy atom. The number of nitrogens with one attached hydrogen (secondary N) is 1. The Kier molecular flexibility index (Phi) is 7.01. The van der Waals surface area contributed by atoms with Crippen LogP contribution < -0.4 is 5.32 Å². The first-order chi connectivity index (χ1) is 7.68. The number of hydrogen-bond acceptors (Lipinski definition) is 3. The molecule has 16 heavy (non-hydrogen) atoms. The van der Waals surface area contributed by atoms with E-state index in [0.29, 0.717) is 18.2 Å². The SMILES string of the molecule is CC(CC1CCCO1)NCCCOC(C)C. The van der Waals surface area contributed by atoms with Crippen LogP contribution in [0.15, 0.2) is 0 Å². The van der Waals surface area contributed by atoms with Gasteiger partial charge in [0.15, 0.2) is 0 Å². The highest BCUT2D eigenvalue weighted by atomic mass is 16.5. The van der Waals surface area contributed by atoms with E-state index in [1.165, 1.54) is 12.8 Å². The summed E-state index contributed by atoms with van der Waals surface area (Å²) in [7, 11) is 0. The van der Waals surface area contributed by atoms with Gasteiger partial charge in [0.25, 0.3) is 0 Å². The van der Waals surface area contributed by atoms with Crippen molar-refractivity contribution in [2.24, 2.45) is 0 Å². The van der Waals surface area contributed by atoms with E-state index < -0.39 is 0 Å². The van der Waals surface area contributed by atoms with Gasteiger partial charge in [-0.3, -0.25) is 0 Å². The van der Waals surface area contributed by atoms with E-state index in [2.05, 4.69) is 26.1 Å². The van der Waals surface area contributed by atoms with Crippen molar-refractivity contribution in [2.45, 2.75) is 64.7 Å². The molecule has 3 heteroatoms. The molecule has 0 radical (unpaired) electrons. The molecule has 0 aliphatic carbocycles. The van der Waals surface area contributed by atoms with Crippen molar-refractivity contribution < 1.29 is 9.47 Å². The molecule has 1 fully saturated rings. The minimum atomic E-state index is 0.351. The fourth-order valence-corrected chi connectivity index (χ4v) is 2.05. The molecule has 0 spiro atoms. The summed E-state index contributed by atoms with van der Waals surface area (Å²) in [6, 6.07) is 0.558. The van der Waals surface area contributed by atoms with Gasteiger partial charge in [-0.2, -0.15) is 0 Å². The molecule has 1 aliphatic heterocycles. The van der Waals surface area contributed by atoms with E-state index in [0.717, 1.165) is 32.6 Å². The maximum atomic E-state index is 5.62. The molecular weight excluding hydrogens is 202 g/mol. The highest BCUT2D eigenvalue weighted by molar-refractivity contribution is 4.71. The third-order valence-electron chi connectivity index (χ3n) is 2.91. The second kappa shape index (κ2) is 8.04. The minimum absolute atomic E-state index is 0.351. The van der Waals surface area contributed by atoms with E-state index in [1.54, 1.807) is 0 Å². The predicted molar refractivity (Wildman–Crippen MR) is 66.8 cm³/mol. The third-order valence-corrected chi connectivity index (χ3v) is 2.91. The first-order valence-corrected chi connectivity index (χ1v) is 6.65. The predicted octanol–water partition coefficient (Wildman–Crippen LogP) is 2.35. The Morgan fingerprint density at radius 1 is 1.38 bits per heavy atom. The van der Waals surface area contributed by atoms with Crippen molar-refractivity contribution in [2.75, 3.05) is 19.8 Å². The first-order valence-electron chi connectivity index (χ1n) is 6.65. The van der Waals surface area contributed by atoms with Crippen LogP contribution in [0.3, 0.4) is 0 Å². The molecular formula is C13H27NO2. The van der Waals surface area contributed by atoms with Gasteiger partial charge >= 0.3 is 0 Å². The molecule has 1 rings (SSSR count). The van der Waals surface area contributed by atoms with E-state index >= 15 is 0 Å². The summed E-state index contributed by atoms with van der Waals surface area (Å²) in [5.74, 6) is 0. The lowest BCUT2D eigenvalue weighted by Crippen LogP contribution is -2.31. The van der Waals surface area contributed by atoms with Crippen LogP contribution in [-0.4, -0.2) is 38.0 Å². The van der Waals surface area contributed by atoms with E-state index in [1.807, 2.05) is 0 Å². The monoisotopic (exact) mass is 229 g/mol. The Bertz CT molecular complexity index is 167. The summed E-state index contributed by atoms with van der Waals surface area (Å²) < 4.78 is 11.1. The minimum Gasteiger partial charge on any atom is -0.379 e. The molecule has 0 aromatic carbocycles. The fourth-order valence-electron chi connectivity index (χ4n) is 2.05. The molecule has 1 N–H and O–H groups in total. The molecule has 1 aliphatic rings. The largest absolute Gasteiger partial charge is 0.379 e. The van der Waals surface area contributed by atoms with Gasteiger partial charge in [0, 0.05) is 19.3 Å². The topological polar surface area (TPSA) is 30.5 Å². The number of ether oxygens (including phenoxy) is 2. The summed E-state index contributed by atoms with van der Waals surface area (Å²) in [6.07, 6.45) is 5.56. The van der Waals surface area contributed by atoms with Crippen molar-refractivity contribution in [1.82, 2.24) is 5.32 Å². The lowest BCUT2D eigenvalue weighted by Gasteiger charge is -2.17. The van der Waals surface area contributed by atoms with Gasteiger partial charge in [-0.05, 0) is 53.0 Å². The van der Waals surface area contributed by atoms with Crippen LogP contribution in [0.25, 0.3) is 0 Å². The van der Waals surface area contributed by atoms with Gasteiger partial charge in [-0.15, -0.1) is 0 Å². The average molecular weight is 229 g/mol. The fraction of sp³-hybridized carbons (Fsp3) is 1.00. The van der Waals surface area contributed by atoms with Crippen LogP contribution in [0, 0.1) is 0 Å².